The first-order chi connectivity index (χ1) is 7.77. The molecule has 0 aliphatic rings. The predicted octanol–water partition coefficient (Wildman–Crippen LogP) is 3.71. The summed E-state index contributed by atoms with van der Waals surface area (Å²) in [6.45, 7) is 4.62. The molecule has 0 saturated carbocycles. The van der Waals surface area contributed by atoms with Gasteiger partial charge in [0.05, 0.1) is 11.7 Å². The molecule has 1 radical (unpaired) electrons. The summed E-state index contributed by atoms with van der Waals surface area (Å²) in [5.41, 5.74) is -0.924. The molecule has 0 amide bonds. The maximum atomic E-state index is 13.3. The Balaban J connectivity index is 3.33. The summed E-state index contributed by atoms with van der Waals surface area (Å²) in [5, 5.41) is 0. The summed E-state index contributed by atoms with van der Waals surface area (Å²) in [6, 6.07) is 0. The van der Waals surface area contributed by atoms with Gasteiger partial charge in [0, 0.05) is 0 Å². The van der Waals surface area contributed by atoms with Crippen LogP contribution in [0.15, 0.2) is 0 Å². The maximum Gasteiger partial charge on any atom is 0.205 e. The van der Waals surface area contributed by atoms with E-state index in [-0.39, 0.29) is 0 Å². The van der Waals surface area contributed by atoms with E-state index < -0.39 is 49.8 Å². The molecule has 1 aromatic rings. The molecule has 0 aromatic heterocycles. The fraction of sp³-hybridized carbons (Fsp3) is 0.400. The minimum atomic E-state index is -2.16. The van der Waals surface area contributed by atoms with Gasteiger partial charge in [0.15, 0.2) is 23.3 Å². The van der Waals surface area contributed by atoms with Crippen LogP contribution in [-0.4, -0.2) is 9.04 Å². The van der Waals surface area contributed by atoms with Gasteiger partial charge in [0.25, 0.3) is 0 Å². The highest BCUT2D eigenvalue weighted by atomic mass is 28.3. The van der Waals surface area contributed by atoms with Crippen molar-refractivity contribution < 1.29 is 26.4 Å². The standard InChI is InChI=1S/C10H10F5OSi/c1-4(16-17(2)3)5-6(11)8(13)10(15)9(14)7(5)12/h4H,1-3H3. The van der Waals surface area contributed by atoms with E-state index in [1.165, 1.54) is 6.92 Å². The van der Waals surface area contributed by atoms with Crippen molar-refractivity contribution in [2.24, 2.45) is 0 Å². The zero-order valence-electron chi connectivity index (χ0n) is 9.38. The van der Waals surface area contributed by atoms with Crippen LogP contribution in [0, 0.1) is 29.1 Å². The van der Waals surface area contributed by atoms with E-state index in [1.54, 1.807) is 13.1 Å². The van der Waals surface area contributed by atoms with E-state index in [4.69, 9.17) is 4.43 Å². The molecule has 1 nitrogen and oxygen atoms in total. The van der Waals surface area contributed by atoms with Crippen LogP contribution in [0.5, 0.6) is 0 Å². The first-order valence-corrected chi connectivity index (χ1v) is 7.16. The van der Waals surface area contributed by atoms with E-state index >= 15 is 0 Å². The molecule has 0 fully saturated rings. The summed E-state index contributed by atoms with van der Waals surface area (Å²) < 4.78 is 70.3. The van der Waals surface area contributed by atoms with Gasteiger partial charge in [0.1, 0.15) is 0 Å². The van der Waals surface area contributed by atoms with Crippen LogP contribution >= 0.6 is 0 Å². The molecule has 1 atom stereocenters. The largest absolute Gasteiger partial charge is 0.410 e. The second kappa shape index (κ2) is 5.13. The number of hydrogen-bond acceptors (Lipinski definition) is 1. The fourth-order valence-corrected chi connectivity index (χ4v) is 2.22. The van der Waals surface area contributed by atoms with Gasteiger partial charge in [-0.25, -0.2) is 22.0 Å². The lowest BCUT2D eigenvalue weighted by Crippen LogP contribution is -2.16. The summed E-state index contributed by atoms with van der Waals surface area (Å²) >= 11 is 0. The Kier molecular flexibility index (Phi) is 4.26. The van der Waals surface area contributed by atoms with Crippen molar-refractivity contribution in [1.29, 1.82) is 0 Å². The summed E-state index contributed by atoms with van der Waals surface area (Å²) in [4.78, 5) is 0. The molecule has 0 aliphatic carbocycles. The normalized spacial score (nSPS) is 13.2. The fourth-order valence-electron chi connectivity index (χ4n) is 1.39. The zero-order valence-corrected chi connectivity index (χ0v) is 10.4. The van der Waals surface area contributed by atoms with Crippen LogP contribution in [0.4, 0.5) is 22.0 Å². The van der Waals surface area contributed by atoms with Crippen molar-refractivity contribution in [3.05, 3.63) is 34.6 Å². The third kappa shape index (κ3) is 2.66. The van der Waals surface area contributed by atoms with Gasteiger partial charge < -0.3 is 4.43 Å². The molecule has 0 heterocycles. The molecule has 0 bridgehead atoms. The Bertz CT molecular complexity index is 406. The van der Waals surface area contributed by atoms with Crippen LogP contribution in [-0.2, 0) is 4.43 Å². The molecule has 17 heavy (non-hydrogen) atoms. The monoisotopic (exact) mass is 269 g/mol. The van der Waals surface area contributed by atoms with Gasteiger partial charge in [-0.05, 0) is 20.0 Å². The average Bonchev–Trinajstić information content (AvgIpc) is 2.23. The molecule has 0 N–H and O–H groups in total. The number of benzene rings is 1. The highest BCUT2D eigenvalue weighted by Crippen LogP contribution is 2.29. The first-order valence-electron chi connectivity index (χ1n) is 4.75. The SMILES string of the molecule is CC(O[Si](C)C)c1c(F)c(F)c(F)c(F)c1F. The summed E-state index contributed by atoms with van der Waals surface area (Å²) in [7, 11) is -1.32. The molecule has 1 aromatic carbocycles. The van der Waals surface area contributed by atoms with Gasteiger partial charge in [-0.1, -0.05) is 0 Å². The van der Waals surface area contributed by atoms with Crippen molar-refractivity contribution in [2.75, 3.05) is 0 Å². The van der Waals surface area contributed by atoms with E-state index in [0.29, 0.717) is 0 Å². The Morgan fingerprint density at radius 3 is 1.53 bits per heavy atom. The topological polar surface area (TPSA) is 9.23 Å². The van der Waals surface area contributed by atoms with Gasteiger partial charge in [0.2, 0.25) is 14.9 Å². The highest BCUT2D eigenvalue weighted by molar-refractivity contribution is 6.48. The van der Waals surface area contributed by atoms with Crippen molar-refractivity contribution in [1.82, 2.24) is 0 Å². The van der Waals surface area contributed by atoms with Crippen LogP contribution in [0.2, 0.25) is 13.1 Å². The van der Waals surface area contributed by atoms with E-state index in [1.807, 2.05) is 0 Å². The van der Waals surface area contributed by atoms with E-state index in [9.17, 15) is 22.0 Å². The second-order valence-electron chi connectivity index (χ2n) is 3.65. The molecule has 95 valence electrons. The predicted molar refractivity (Wildman–Crippen MR) is 53.2 cm³/mol. The average molecular weight is 269 g/mol. The smallest absolute Gasteiger partial charge is 0.205 e. The summed E-state index contributed by atoms with van der Waals surface area (Å²) in [5.74, 6) is -9.73. The van der Waals surface area contributed by atoms with Crippen molar-refractivity contribution in [3.63, 3.8) is 0 Å². The van der Waals surface area contributed by atoms with Crippen LogP contribution in [0.1, 0.15) is 18.6 Å². The number of hydrogen-bond donors (Lipinski definition) is 0. The molecule has 0 saturated heterocycles. The van der Waals surface area contributed by atoms with Gasteiger partial charge >= 0.3 is 0 Å². The van der Waals surface area contributed by atoms with E-state index in [0.717, 1.165) is 0 Å². The quantitative estimate of drug-likeness (QED) is 0.352. The molecule has 0 aliphatic heterocycles. The second-order valence-corrected chi connectivity index (χ2v) is 5.70. The van der Waals surface area contributed by atoms with Gasteiger partial charge in [-0.2, -0.15) is 0 Å². The Morgan fingerprint density at radius 2 is 1.18 bits per heavy atom. The zero-order chi connectivity index (χ0) is 13.3. The van der Waals surface area contributed by atoms with Gasteiger partial charge in [-0.15, -0.1) is 0 Å². The molecular formula is C10H10F5OSi. The lowest BCUT2D eigenvalue weighted by atomic mass is 10.1. The molecule has 0 spiro atoms. The molecular weight excluding hydrogens is 259 g/mol. The van der Waals surface area contributed by atoms with Crippen LogP contribution in [0.25, 0.3) is 0 Å². The lowest BCUT2D eigenvalue weighted by Gasteiger charge is -2.17. The summed E-state index contributed by atoms with van der Waals surface area (Å²) in [6.07, 6.45) is -1.18. The number of rotatable bonds is 3. The Labute approximate surface area is 96.9 Å². The molecule has 1 unspecified atom stereocenters. The highest BCUT2D eigenvalue weighted by Gasteiger charge is 2.29. The minimum absolute atomic E-state index is 0.924. The molecule has 7 heteroatoms. The third-order valence-corrected chi connectivity index (χ3v) is 2.89. The van der Waals surface area contributed by atoms with Gasteiger partial charge in [-0.3, -0.25) is 0 Å². The Morgan fingerprint density at radius 1 is 0.824 bits per heavy atom. The van der Waals surface area contributed by atoms with Crippen LogP contribution in [0.3, 0.4) is 0 Å². The van der Waals surface area contributed by atoms with Crippen molar-refractivity contribution in [3.8, 4) is 0 Å². The number of halogens is 5. The molecule has 1 rings (SSSR count). The van der Waals surface area contributed by atoms with Crippen LogP contribution < -0.4 is 0 Å². The maximum absolute atomic E-state index is 13.3. The lowest BCUT2D eigenvalue weighted by molar-refractivity contribution is 0.212. The minimum Gasteiger partial charge on any atom is -0.410 e. The van der Waals surface area contributed by atoms with Crippen molar-refractivity contribution >= 4 is 9.04 Å². The van der Waals surface area contributed by atoms with E-state index in [2.05, 4.69) is 0 Å². The first kappa shape index (κ1) is 14.1. The Hall–Kier alpha value is -0.953. The van der Waals surface area contributed by atoms with Crippen molar-refractivity contribution in [2.45, 2.75) is 26.1 Å². The third-order valence-electron chi connectivity index (χ3n) is 2.06.